The molecular weight excluding hydrogens is 208 g/mol. The zero-order chi connectivity index (χ0) is 11.7. The van der Waals surface area contributed by atoms with Gasteiger partial charge in [-0.2, -0.15) is 0 Å². The maximum Gasteiger partial charge on any atom is 0.343 e. The molecule has 2 rings (SSSR count). The maximum absolute atomic E-state index is 11.5. The topological polar surface area (TPSA) is 66.8 Å². The summed E-state index contributed by atoms with van der Waals surface area (Å²) in [5.74, 6) is -1.21. The van der Waals surface area contributed by atoms with Crippen LogP contribution in [0.3, 0.4) is 0 Å². The van der Waals surface area contributed by atoms with Crippen molar-refractivity contribution in [1.29, 1.82) is 0 Å². The molecule has 0 bridgehead atoms. The molecular formula is C12H14O4. The second kappa shape index (κ2) is 4.04. The summed E-state index contributed by atoms with van der Waals surface area (Å²) in [7, 11) is 0. The number of fused-ring (bicyclic) bond motifs is 1. The van der Waals surface area contributed by atoms with Gasteiger partial charge in [-0.15, -0.1) is 0 Å². The zero-order valence-corrected chi connectivity index (χ0v) is 9.06. The molecule has 0 radical (unpaired) electrons. The van der Waals surface area contributed by atoms with Crippen LogP contribution in [-0.4, -0.2) is 16.2 Å². The highest BCUT2D eigenvalue weighted by atomic mass is 16.5. The lowest BCUT2D eigenvalue weighted by Gasteiger charge is -2.09. The Hall–Kier alpha value is -1.71. The lowest BCUT2D eigenvalue weighted by Crippen LogP contribution is -1.98. The van der Waals surface area contributed by atoms with Gasteiger partial charge in [0.15, 0.2) is 11.5 Å². The van der Waals surface area contributed by atoms with Crippen molar-refractivity contribution in [3.63, 3.8) is 0 Å². The van der Waals surface area contributed by atoms with E-state index in [-0.39, 0.29) is 23.2 Å². The van der Waals surface area contributed by atoms with Crippen molar-refractivity contribution in [3.05, 3.63) is 23.3 Å². The Labute approximate surface area is 93.5 Å². The maximum atomic E-state index is 11.5. The normalized spacial score (nSPS) is 18.3. The zero-order valence-electron chi connectivity index (χ0n) is 9.06. The fourth-order valence-corrected chi connectivity index (χ4v) is 1.93. The predicted octanol–water partition coefficient (Wildman–Crippen LogP) is 2.50. The molecule has 0 amide bonds. The van der Waals surface area contributed by atoms with E-state index < -0.39 is 5.97 Å². The summed E-state index contributed by atoms with van der Waals surface area (Å²) in [6, 6.07) is 3.02. The van der Waals surface area contributed by atoms with Gasteiger partial charge in [-0.05, 0) is 18.9 Å². The van der Waals surface area contributed by atoms with Gasteiger partial charge in [-0.1, -0.05) is 19.4 Å². The van der Waals surface area contributed by atoms with Crippen LogP contribution < -0.4 is 0 Å². The molecule has 0 aliphatic carbocycles. The number of phenolic OH excluding ortho intramolecular Hbond substituents is 2. The van der Waals surface area contributed by atoms with Crippen molar-refractivity contribution >= 4 is 5.97 Å². The van der Waals surface area contributed by atoms with Gasteiger partial charge in [0, 0.05) is 5.56 Å². The van der Waals surface area contributed by atoms with Gasteiger partial charge in [0.05, 0.1) is 0 Å². The molecule has 0 spiro atoms. The molecule has 4 heteroatoms. The third-order valence-electron chi connectivity index (χ3n) is 2.81. The Morgan fingerprint density at radius 3 is 2.81 bits per heavy atom. The van der Waals surface area contributed by atoms with Gasteiger partial charge < -0.3 is 14.9 Å². The highest BCUT2D eigenvalue weighted by Gasteiger charge is 2.34. The molecule has 1 aliphatic heterocycles. The third-order valence-corrected chi connectivity index (χ3v) is 2.81. The Bertz CT molecular complexity index is 425. The fraction of sp³-hybridized carbons (Fsp3) is 0.417. The Morgan fingerprint density at radius 2 is 2.12 bits per heavy atom. The molecule has 86 valence electrons. The monoisotopic (exact) mass is 222 g/mol. The molecule has 1 aliphatic rings. The Balaban J connectivity index is 2.36. The van der Waals surface area contributed by atoms with Crippen LogP contribution in [0.4, 0.5) is 0 Å². The molecule has 1 atom stereocenters. The molecule has 0 saturated carbocycles. The number of carbonyl (C=O) groups excluding carboxylic acids is 1. The number of hydrogen-bond acceptors (Lipinski definition) is 4. The quantitative estimate of drug-likeness (QED) is 0.609. The summed E-state index contributed by atoms with van der Waals surface area (Å²) in [6.45, 7) is 2.06. The van der Waals surface area contributed by atoms with Crippen LogP contribution in [0.5, 0.6) is 11.5 Å². The van der Waals surface area contributed by atoms with Crippen LogP contribution in [0.1, 0.15) is 48.2 Å². The van der Waals surface area contributed by atoms with E-state index in [2.05, 4.69) is 6.92 Å². The Kier molecular flexibility index (Phi) is 2.73. The first-order valence-electron chi connectivity index (χ1n) is 5.41. The number of esters is 1. The van der Waals surface area contributed by atoms with Crippen molar-refractivity contribution in [3.8, 4) is 11.5 Å². The summed E-state index contributed by atoms with van der Waals surface area (Å²) in [6.07, 6.45) is 2.44. The van der Waals surface area contributed by atoms with Crippen molar-refractivity contribution < 1.29 is 19.7 Å². The Morgan fingerprint density at radius 1 is 1.38 bits per heavy atom. The van der Waals surface area contributed by atoms with Gasteiger partial charge >= 0.3 is 5.97 Å². The highest BCUT2D eigenvalue weighted by Crippen LogP contribution is 2.42. The number of benzene rings is 1. The predicted molar refractivity (Wildman–Crippen MR) is 57.5 cm³/mol. The van der Waals surface area contributed by atoms with Crippen molar-refractivity contribution in [2.45, 2.75) is 32.3 Å². The van der Waals surface area contributed by atoms with Gasteiger partial charge in [0.1, 0.15) is 11.7 Å². The molecule has 0 saturated heterocycles. The van der Waals surface area contributed by atoms with E-state index in [1.807, 2.05) is 0 Å². The SMILES string of the molecule is CCCCC1OC(=O)c2c1ccc(O)c2O. The number of rotatable bonds is 3. The molecule has 1 aromatic rings. The van der Waals surface area contributed by atoms with E-state index in [4.69, 9.17) is 4.74 Å². The molecule has 0 aromatic heterocycles. The van der Waals surface area contributed by atoms with E-state index in [0.29, 0.717) is 5.56 Å². The number of ether oxygens (including phenoxy) is 1. The van der Waals surface area contributed by atoms with Crippen molar-refractivity contribution in [1.82, 2.24) is 0 Å². The third kappa shape index (κ3) is 1.60. The first kappa shape index (κ1) is 10.8. The second-order valence-electron chi connectivity index (χ2n) is 3.93. The minimum Gasteiger partial charge on any atom is -0.504 e. The summed E-state index contributed by atoms with van der Waals surface area (Å²) < 4.78 is 5.16. The number of aromatic hydroxyl groups is 2. The van der Waals surface area contributed by atoms with E-state index >= 15 is 0 Å². The smallest absolute Gasteiger partial charge is 0.343 e. The number of hydrogen-bond donors (Lipinski definition) is 2. The fourth-order valence-electron chi connectivity index (χ4n) is 1.93. The minimum absolute atomic E-state index is 0.112. The lowest BCUT2D eigenvalue weighted by atomic mass is 10.00. The van der Waals surface area contributed by atoms with Crippen LogP contribution >= 0.6 is 0 Å². The highest BCUT2D eigenvalue weighted by molar-refractivity contribution is 5.97. The number of phenols is 2. The van der Waals surface area contributed by atoms with E-state index in [1.54, 1.807) is 6.07 Å². The number of unbranched alkanes of at least 4 members (excludes halogenated alkanes) is 1. The summed E-state index contributed by atoms with van der Waals surface area (Å²) >= 11 is 0. The second-order valence-corrected chi connectivity index (χ2v) is 3.93. The molecule has 1 aromatic carbocycles. The first-order valence-corrected chi connectivity index (χ1v) is 5.41. The van der Waals surface area contributed by atoms with E-state index in [9.17, 15) is 15.0 Å². The molecule has 16 heavy (non-hydrogen) atoms. The molecule has 2 N–H and O–H groups in total. The molecule has 0 fully saturated rings. The van der Waals surface area contributed by atoms with E-state index in [1.165, 1.54) is 6.07 Å². The molecule has 1 unspecified atom stereocenters. The van der Waals surface area contributed by atoms with Crippen molar-refractivity contribution in [2.75, 3.05) is 0 Å². The average molecular weight is 222 g/mol. The van der Waals surface area contributed by atoms with Gasteiger partial charge in [0.25, 0.3) is 0 Å². The molecule has 4 nitrogen and oxygen atoms in total. The van der Waals surface area contributed by atoms with Crippen LogP contribution in [-0.2, 0) is 4.74 Å². The summed E-state index contributed by atoms with van der Waals surface area (Å²) in [5, 5.41) is 18.9. The van der Waals surface area contributed by atoms with Crippen LogP contribution in [0, 0.1) is 0 Å². The average Bonchev–Trinajstić information content (AvgIpc) is 2.58. The lowest BCUT2D eigenvalue weighted by molar-refractivity contribution is 0.0362. The standard InChI is InChI=1S/C12H14O4/c1-2-3-4-9-7-5-6-8(13)11(14)10(7)12(15)16-9/h5-6,9,13-14H,2-4H2,1H3. The van der Waals surface area contributed by atoms with Gasteiger partial charge in [-0.3, -0.25) is 0 Å². The van der Waals surface area contributed by atoms with Gasteiger partial charge in [-0.25, -0.2) is 4.79 Å². The van der Waals surface area contributed by atoms with Crippen molar-refractivity contribution in [2.24, 2.45) is 0 Å². The van der Waals surface area contributed by atoms with Crippen LogP contribution in [0.25, 0.3) is 0 Å². The first-order chi connectivity index (χ1) is 7.65. The van der Waals surface area contributed by atoms with Gasteiger partial charge in [0.2, 0.25) is 0 Å². The van der Waals surface area contributed by atoms with Crippen LogP contribution in [0.15, 0.2) is 12.1 Å². The largest absolute Gasteiger partial charge is 0.504 e. The van der Waals surface area contributed by atoms with E-state index in [0.717, 1.165) is 19.3 Å². The summed E-state index contributed by atoms with van der Waals surface area (Å²) in [4.78, 5) is 11.5. The number of cyclic esters (lactones) is 1. The number of carbonyl (C=O) groups is 1. The van der Waals surface area contributed by atoms with Crippen LogP contribution in [0.2, 0.25) is 0 Å². The molecule has 1 heterocycles. The summed E-state index contributed by atoms with van der Waals surface area (Å²) in [5.41, 5.74) is 0.787. The minimum atomic E-state index is -0.551.